The fraction of sp³-hybridized carbons (Fsp3) is 0.0556. The number of benzene rings is 2. The van der Waals surface area contributed by atoms with Gasteiger partial charge in [0.25, 0.3) is 0 Å². The minimum atomic E-state index is -1.91. The maximum atomic E-state index is 2.28. The van der Waals surface area contributed by atoms with E-state index >= 15 is 0 Å². The standard InChI is InChI=1S/C6H7N.2C6H5.Sb/c1-7-5-3-2-4-6-7;2*1-2-4-6-5-3-1;/h2-5H,1H3;2*1-5H;/q+1;;;. The molecule has 0 N–H and O–H groups in total. The van der Waals surface area contributed by atoms with Crippen molar-refractivity contribution >= 4 is 30.9 Å². The molecule has 1 aromatic heterocycles. The van der Waals surface area contributed by atoms with Crippen molar-refractivity contribution < 1.29 is 4.57 Å². The van der Waals surface area contributed by atoms with Gasteiger partial charge in [0.2, 0.25) is 0 Å². The van der Waals surface area contributed by atoms with Crippen molar-refractivity contribution in [3.05, 3.63) is 85.1 Å². The molecule has 0 radical (unpaired) electrons. The van der Waals surface area contributed by atoms with E-state index in [0.717, 1.165) is 0 Å². The van der Waals surface area contributed by atoms with Crippen LogP contribution in [0.25, 0.3) is 0 Å². The van der Waals surface area contributed by atoms with Crippen LogP contribution in [-0.4, -0.2) is 20.2 Å². The number of rotatable bonds is 3. The van der Waals surface area contributed by atoms with Gasteiger partial charge < -0.3 is 0 Å². The predicted octanol–water partition coefficient (Wildman–Crippen LogP) is 1.03. The number of pyridine rings is 1. The SMILES string of the molecule is C[n+]1cccc[c]1[Sb]([c]1ccccc1)[c]1ccccc1. The monoisotopic (exact) mass is 368 g/mol. The minimum absolute atomic E-state index is 1.48. The number of hydrogen-bond acceptors (Lipinski definition) is 0. The van der Waals surface area contributed by atoms with Crippen molar-refractivity contribution in [1.82, 2.24) is 0 Å². The first kappa shape index (κ1) is 13.4. The molecule has 1 nitrogen and oxygen atoms in total. The molecule has 0 spiro atoms. The van der Waals surface area contributed by atoms with Crippen molar-refractivity contribution in [3.8, 4) is 0 Å². The Morgan fingerprint density at radius 1 is 0.650 bits per heavy atom. The van der Waals surface area contributed by atoms with Crippen LogP contribution in [0.4, 0.5) is 0 Å². The molecule has 0 fully saturated rings. The van der Waals surface area contributed by atoms with E-state index in [0.29, 0.717) is 0 Å². The van der Waals surface area contributed by atoms with Gasteiger partial charge in [-0.1, -0.05) is 0 Å². The third kappa shape index (κ3) is 2.78. The number of nitrogens with zero attached hydrogens (tertiary/aromatic N) is 1. The third-order valence-corrected chi connectivity index (χ3v) is 10.6. The molecular weight excluding hydrogens is 352 g/mol. The van der Waals surface area contributed by atoms with Crippen LogP contribution in [0, 0.1) is 0 Å². The molecule has 2 heteroatoms. The molecule has 0 aliphatic heterocycles. The van der Waals surface area contributed by atoms with Gasteiger partial charge in [-0.3, -0.25) is 0 Å². The first-order valence-electron chi connectivity index (χ1n) is 6.71. The third-order valence-electron chi connectivity index (χ3n) is 3.29. The summed E-state index contributed by atoms with van der Waals surface area (Å²) in [6, 6.07) is 28.4. The van der Waals surface area contributed by atoms with E-state index in [1.54, 1.807) is 0 Å². The normalized spacial score (nSPS) is 10.7. The van der Waals surface area contributed by atoms with Crippen LogP contribution < -0.4 is 15.2 Å². The van der Waals surface area contributed by atoms with Crippen molar-refractivity contribution in [2.24, 2.45) is 7.05 Å². The van der Waals surface area contributed by atoms with Gasteiger partial charge in [0, 0.05) is 0 Å². The molecule has 2 aromatic carbocycles. The molecule has 0 bridgehead atoms. The molecule has 0 unspecified atom stereocenters. The van der Waals surface area contributed by atoms with Crippen molar-refractivity contribution in [2.75, 3.05) is 0 Å². The Labute approximate surface area is 127 Å². The van der Waals surface area contributed by atoms with Crippen molar-refractivity contribution in [1.29, 1.82) is 0 Å². The van der Waals surface area contributed by atoms with Crippen LogP contribution in [-0.2, 0) is 7.05 Å². The molecule has 1 heterocycles. The van der Waals surface area contributed by atoms with Crippen molar-refractivity contribution in [2.45, 2.75) is 0 Å². The Balaban J connectivity index is 2.17. The quantitative estimate of drug-likeness (QED) is 0.480. The van der Waals surface area contributed by atoms with E-state index in [-0.39, 0.29) is 0 Å². The Kier molecular flexibility index (Phi) is 4.18. The van der Waals surface area contributed by atoms with Gasteiger partial charge in [0.1, 0.15) is 0 Å². The summed E-state index contributed by atoms with van der Waals surface area (Å²) in [6.45, 7) is 0. The van der Waals surface area contributed by atoms with E-state index < -0.39 is 20.2 Å². The molecule has 3 aromatic rings. The van der Waals surface area contributed by atoms with Crippen LogP contribution in [0.2, 0.25) is 0 Å². The van der Waals surface area contributed by atoms with Gasteiger partial charge >= 0.3 is 128 Å². The Morgan fingerprint density at radius 3 is 1.65 bits per heavy atom. The fourth-order valence-electron chi connectivity index (χ4n) is 2.31. The fourth-order valence-corrected chi connectivity index (χ4v) is 9.12. The maximum absolute atomic E-state index is 2.28. The summed E-state index contributed by atoms with van der Waals surface area (Å²) in [5, 5.41) is 0. The van der Waals surface area contributed by atoms with Gasteiger partial charge in [-0.25, -0.2) is 0 Å². The molecule has 20 heavy (non-hydrogen) atoms. The number of aryl methyl sites for hydroxylation is 1. The summed E-state index contributed by atoms with van der Waals surface area (Å²) in [5.74, 6) is 0. The van der Waals surface area contributed by atoms with Crippen LogP contribution in [0.5, 0.6) is 0 Å². The molecule has 3 rings (SSSR count). The second kappa shape index (κ2) is 6.24. The van der Waals surface area contributed by atoms with Gasteiger partial charge in [0.15, 0.2) is 0 Å². The zero-order valence-electron chi connectivity index (χ0n) is 11.5. The van der Waals surface area contributed by atoms with Crippen LogP contribution in [0.1, 0.15) is 0 Å². The van der Waals surface area contributed by atoms with Crippen LogP contribution in [0.15, 0.2) is 85.1 Å². The molecule has 0 aliphatic carbocycles. The molecule has 0 aliphatic rings. The molecule has 98 valence electrons. The first-order chi connectivity index (χ1) is 9.86. The van der Waals surface area contributed by atoms with Crippen LogP contribution >= 0.6 is 0 Å². The van der Waals surface area contributed by atoms with Gasteiger partial charge in [0.05, 0.1) is 0 Å². The predicted molar refractivity (Wildman–Crippen MR) is 85.2 cm³/mol. The summed E-state index contributed by atoms with van der Waals surface area (Å²) in [5.41, 5.74) is 0. The summed E-state index contributed by atoms with van der Waals surface area (Å²) in [6.07, 6.45) is 2.15. The molecular formula is C18H17NSb+. The zero-order chi connectivity index (χ0) is 13.8. The second-order valence-corrected chi connectivity index (χ2v) is 10.8. The summed E-state index contributed by atoms with van der Waals surface area (Å²) < 4.78 is 6.77. The van der Waals surface area contributed by atoms with E-state index in [4.69, 9.17) is 0 Å². The Bertz CT molecular complexity index is 641. The van der Waals surface area contributed by atoms with Crippen LogP contribution in [0.3, 0.4) is 0 Å². The summed E-state index contributed by atoms with van der Waals surface area (Å²) in [4.78, 5) is 0. The number of hydrogen-bond donors (Lipinski definition) is 0. The zero-order valence-corrected chi connectivity index (χ0v) is 14.0. The van der Waals surface area contributed by atoms with Gasteiger partial charge in [-0.05, 0) is 0 Å². The Morgan fingerprint density at radius 2 is 1.15 bits per heavy atom. The van der Waals surface area contributed by atoms with Gasteiger partial charge in [-0.15, -0.1) is 0 Å². The Hall–Kier alpha value is -1.59. The van der Waals surface area contributed by atoms with Gasteiger partial charge in [-0.2, -0.15) is 0 Å². The summed E-state index contributed by atoms with van der Waals surface area (Å²) >= 11 is -1.91. The molecule has 0 saturated carbocycles. The molecule has 0 atom stereocenters. The molecule has 0 saturated heterocycles. The van der Waals surface area contributed by atoms with E-state index in [9.17, 15) is 0 Å². The first-order valence-corrected chi connectivity index (χ1v) is 10.5. The average molecular weight is 369 g/mol. The summed E-state index contributed by atoms with van der Waals surface area (Å²) in [7, 11) is 2.15. The van der Waals surface area contributed by atoms with E-state index in [1.807, 2.05) is 0 Å². The average Bonchev–Trinajstić information content (AvgIpc) is 2.52. The van der Waals surface area contributed by atoms with Crippen molar-refractivity contribution in [3.63, 3.8) is 0 Å². The topological polar surface area (TPSA) is 3.88 Å². The van der Waals surface area contributed by atoms with E-state index in [2.05, 4.69) is 96.7 Å². The number of aromatic nitrogens is 1. The van der Waals surface area contributed by atoms with E-state index in [1.165, 1.54) is 10.7 Å². The molecule has 0 amide bonds. The second-order valence-electron chi connectivity index (χ2n) is 4.68.